The van der Waals surface area contributed by atoms with Gasteiger partial charge in [-0.3, -0.25) is 34.1 Å². The molecule has 0 unspecified atom stereocenters. The van der Waals surface area contributed by atoms with Crippen molar-refractivity contribution in [1.29, 1.82) is 0 Å². The molecule has 13 nitrogen and oxygen atoms in total. The average molecular weight is 631 g/mol. The van der Waals surface area contributed by atoms with Crippen molar-refractivity contribution in [3.8, 4) is 0 Å². The number of nitrogens with zero attached hydrogens (tertiary/aromatic N) is 1. The van der Waals surface area contributed by atoms with Gasteiger partial charge in [-0.1, -0.05) is 26.0 Å². The van der Waals surface area contributed by atoms with Crippen LogP contribution < -0.4 is 27.0 Å². The molecule has 2 heterocycles. The van der Waals surface area contributed by atoms with Crippen LogP contribution in [0.5, 0.6) is 0 Å². The van der Waals surface area contributed by atoms with Crippen molar-refractivity contribution < 1.29 is 33.3 Å². The van der Waals surface area contributed by atoms with E-state index in [4.69, 9.17) is 5.73 Å². The highest BCUT2D eigenvalue weighted by molar-refractivity contribution is 7.99. The van der Waals surface area contributed by atoms with Crippen LogP contribution >= 0.6 is 11.8 Å². The van der Waals surface area contributed by atoms with Crippen LogP contribution in [0.2, 0.25) is 0 Å². The van der Waals surface area contributed by atoms with E-state index >= 15 is 0 Å². The molecule has 2 aliphatic heterocycles. The third-order valence-corrected chi connectivity index (χ3v) is 8.00. The van der Waals surface area contributed by atoms with Crippen molar-refractivity contribution in [2.45, 2.75) is 62.6 Å². The number of hydrogen-bond acceptors (Lipinski definition) is 8. The fraction of sp³-hybridized carbons (Fsp3) is 0.414. The Morgan fingerprint density at radius 3 is 2.52 bits per heavy atom. The van der Waals surface area contributed by atoms with Crippen LogP contribution in [0.15, 0.2) is 47.4 Å². The topological polar surface area (TPSA) is 203 Å². The van der Waals surface area contributed by atoms with Crippen molar-refractivity contribution in [2.75, 3.05) is 12.3 Å². The van der Waals surface area contributed by atoms with Gasteiger partial charge in [-0.25, -0.2) is 4.39 Å². The minimum Gasteiger partial charge on any atom is -0.368 e. The van der Waals surface area contributed by atoms with Crippen molar-refractivity contribution in [1.82, 2.24) is 21.3 Å². The predicted octanol–water partition coefficient (Wildman–Crippen LogP) is 1.58. The number of rotatable bonds is 6. The van der Waals surface area contributed by atoms with Gasteiger partial charge < -0.3 is 27.0 Å². The number of carbonyl (C=O) groups is 5. The van der Waals surface area contributed by atoms with Gasteiger partial charge >= 0.3 is 0 Å². The third-order valence-electron chi connectivity index (χ3n) is 6.84. The lowest BCUT2D eigenvalue weighted by atomic mass is 10.0. The molecule has 2 aliphatic rings. The molecule has 0 saturated carbocycles. The van der Waals surface area contributed by atoms with E-state index in [-0.39, 0.29) is 35.6 Å². The number of thioether (sulfide) groups is 1. The molecule has 0 radical (unpaired) electrons. The highest BCUT2D eigenvalue weighted by Crippen LogP contribution is 2.31. The molecule has 15 heteroatoms. The number of halogens is 1. The maximum atomic E-state index is 13.6. The Bertz CT molecular complexity index is 1420. The first-order chi connectivity index (χ1) is 20.8. The summed E-state index contributed by atoms with van der Waals surface area (Å²) < 4.78 is 13.6. The Balaban J connectivity index is 1.90. The summed E-state index contributed by atoms with van der Waals surface area (Å²) in [6.07, 6.45) is 0.772. The Hall–Kier alpha value is -4.53. The molecule has 0 fully saturated rings. The van der Waals surface area contributed by atoms with Crippen molar-refractivity contribution >= 4 is 47.0 Å². The number of carbonyl (C=O) groups excluding carboxylic acids is 5. The van der Waals surface area contributed by atoms with Gasteiger partial charge in [-0.2, -0.15) is 0 Å². The van der Waals surface area contributed by atoms with Crippen LogP contribution in [-0.2, 0) is 25.6 Å². The molecule has 4 rings (SSSR count). The van der Waals surface area contributed by atoms with E-state index in [1.165, 1.54) is 30.3 Å². The second-order valence-electron chi connectivity index (χ2n) is 10.6. The van der Waals surface area contributed by atoms with Crippen LogP contribution in [0.1, 0.15) is 49.0 Å². The number of nitro benzene ring substituents is 1. The first kappa shape index (κ1) is 34.0. The van der Waals surface area contributed by atoms with E-state index in [0.29, 0.717) is 18.4 Å². The van der Waals surface area contributed by atoms with E-state index in [0.717, 1.165) is 17.8 Å². The summed E-state index contributed by atoms with van der Waals surface area (Å²) in [7, 11) is 0. The summed E-state index contributed by atoms with van der Waals surface area (Å²) in [5, 5.41) is 22.4. The number of nitrogens with one attached hydrogen (secondary N) is 4. The standard InChI is InChI=1S/C29H35FN6O7S/c1-16(2)25-29(41)34-20(26(31)38)8-3-4-11-32-28(40)21(33-24(37)13-17-6-5-7-19(30)12-17)15-44-23-10-9-18(27(39)35-25)14-22(23)36(42)43/h5-7,9-10,12,14,16,20-21,25H,3-4,8,11,13,15H2,1-2H3,(H2,31,38)(H,32,40)(H,33,37)(H,34,41)(H,35,39)/t20-,21-,25-/m1/s1. The van der Waals surface area contributed by atoms with E-state index in [2.05, 4.69) is 21.3 Å². The van der Waals surface area contributed by atoms with Gasteiger partial charge in [0.1, 0.15) is 23.9 Å². The maximum absolute atomic E-state index is 13.6. The van der Waals surface area contributed by atoms with Crippen molar-refractivity contribution in [2.24, 2.45) is 11.7 Å². The van der Waals surface area contributed by atoms with Gasteiger partial charge in [0.15, 0.2) is 0 Å². The monoisotopic (exact) mass is 630 g/mol. The van der Waals surface area contributed by atoms with Gasteiger partial charge in [0.2, 0.25) is 23.6 Å². The van der Waals surface area contributed by atoms with Gasteiger partial charge in [0.25, 0.3) is 11.6 Å². The molecular formula is C29H35FN6O7S. The zero-order valence-electron chi connectivity index (χ0n) is 24.3. The summed E-state index contributed by atoms with van der Waals surface area (Å²) in [6, 6.07) is 6.01. The lowest BCUT2D eigenvalue weighted by molar-refractivity contribution is -0.387. The Labute approximate surface area is 257 Å². The van der Waals surface area contributed by atoms with Gasteiger partial charge in [0.05, 0.1) is 16.2 Å². The van der Waals surface area contributed by atoms with Crippen molar-refractivity contribution in [3.63, 3.8) is 0 Å². The van der Waals surface area contributed by atoms with Crippen LogP contribution in [-0.4, -0.2) is 64.9 Å². The van der Waals surface area contributed by atoms with Gasteiger partial charge in [0, 0.05) is 23.9 Å². The zero-order chi connectivity index (χ0) is 32.4. The zero-order valence-corrected chi connectivity index (χ0v) is 25.1. The first-order valence-electron chi connectivity index (χ1n) is 14.0. The average Bonchev–Trinajstić information content (AvgIpc) is 2.96. The molecule has 0 aliphatic carbocycles. The SMILES string of the molecule is CC(C)[C@H]1NC(=O)c2ccc(c([N+](=O)[O-])c2)SC[C@@H](NC(=O)Cc2cccc(F)c2)C(=O)NCCCC[C@H](C(N)=O)NC1=O. The van der Waals surface area contributed by atoms with E-state index in [1.54, 1.807) is 19.9 Å². The highest BCUT2D eigenvalue weighted by atomic mass is 32.2. The number of nitrogens with two attached hydrogens (primary N) is 1. The summed E-state index contributed by atoms with van der Waals surface area (Å²) in [4.78, 5) is 75.4. The molecule has 3 atom stereocenters. The fourth-order valence-electron chi connectivity index (χ4n) is 4.47. The largest absolute Gasteiger partial charge is 0.368 e. The van der Waals surface area contributed by atoms with E-state index < -0.39 is 70.0 Å². The summed E-state index contributed by atoms with van der Waals surface area (Å²) in [6.45, 7) is 3.55. The summed E-state index contributed by atoms with van der Waals surface area (Å²) >= 11 is 0.939. The van der Waals surface area contributed by atoms with Crippen molar-refractivity contribution in [3.05, 3.63) is 69.5 Å². The molecule has 5 amide bonds. The lowest BCUT2D eigenvalue weighted by Crippen LogP contribution is -2.54. The molecule has 44 heavy (non-hydrogen) atoms. The van der Waals surface area contributed by atoms with Crippen LogP contribution in [0.3, 0.4) is 0 Å². The number of nitro groups is 1. The van der Waals surface area contributed by atoms with Gasteiger partial charge in [-0.05, 0) is 55.0 Å². The predicted molar refractivity (Wildman–Crippen MR) is 160 cm³/mol. The number of primary amides is 1. The molecule has 0 saturated heterocycles. The van der Waals surface area contributed by atoms with Crippen LogP contribution in [0, 0.1) is 21.8 Å². The number of benzene rings is 2. The number of amides is 5. The summed E-state index contributed by atoms with van der Waals surface area (Å²) in [5.74, 6) is -4.27. The minimum absolute atomic E-state index is 0.0819. The highest BCUT2D eigenvalue weighted by Gasteiger charge is 2.30. The van der Waals surface area contributed by atoms with Gasteiger partial charge in [-0.15, -0.1) is 11.8 Å². The molecule has 2 aromatic carbocycles. The molecule has 2 aromatic rings. The molecular weight excluding hydrogens is 595 g/mol. The second-order valence-corrected chi connectivity index (χ2v) is 11.7. The molecule has 6 N–H and O–H groups in total. The quantitative estimate of drug-likeness (QED) is 0.234. The van der Waals surface area contributed by atoms with Crippen LogP contribution in [0.4, 0.5) is 10.1 Å². The normalized spacial score (nSPS) is 20.4. The molecule has 2 bridgehead atoms. The second kappa shape index (κ2) is 15.8. The van der Waals surface area contributed by atoms with E-state index in [9.17, 15) is 38.5 Å². The number of hydrogen-bond donors (Lipinski definition) is 5. The summed E-state index contributed by atoms with van der Waals surface area (Å²) in [5.41, 5.74) is 5.40. The van der Waals surface area contributed by atoms with E-state index in [1.807, 2.05) is 0 Å². The number of fused-ring (bicyclic) bond motifs is 16. The third kappa shape index (κ3) is 9.76. The van der Waals surface area contributed by atoms with Crippen LogP contribution in [0.25, 0.3) is 0 Å². The molecule has 0 spiro atoms. The molecule has 0 aromatic heterocycles. The minimum atomic E-state index is -1.12. The molecule has 236 valence electrons. The first-order valence-corrected chi connectivity index (χ1v) is 15.0. The Morgan fingerprint density at radius 1 is 1.11 bits per heavy atom. The maximum Gasteiger partial charge on any atom is 0.283 e. The lowest BCUT2D eigenvalue weighted by Gasteiger charge is -2.24. The Morgan fingerprint density at radius 2 is 1.86 bits per heavy atom. The Kier molecular flexibility index (Phi) is 12.2. The fourth-order valence-corrected chi connectivity index (χ4v) is 5.50. The smallest absolute Gasteiger partial charge is 0.283 e.